The number of hydrogen-bond donors (Lipinski definition) is 3. The number of aliphatic carboxylic acids is 1. The van der Waals surface area contributed by atoms with E-state index in [1.807, 2.05) is 31.2 Å². The summed E-state index contributed by atoms with van der Waals surface area (Å²) in [7, 11) is 0. The van der Waals surface area contributed by atoms with Crippen LogP contribution in [0.1, 0.15) is 49.7 Å². The maximum Gasteiger partial charge on any atom is 0.407 e. The largest absolute Gasteiger partial charge is 0.481 e. The lowest BCUT2D eigenvalue weighted by Gasteiger charge is -2.21. The summed E-state index contributed by atoms with van der Waals surface area (Å²) in [4.78, 5) is 36.5. The smallest absolute Gasteiger partial charge is 0.407 e. The standard InChI is InChI=1S/C26H30N2O5/c1-2-23(24(29)27-14-16-8-7-13-17(16)25(30)31)28-26(32)33-15-22-20-11-5-3-9-18(20)19-10-4-6-12-21(19)22/h3-6,9-12,16-17,22-23H,2,7-8,13-15H2,1H3,(H,27,29)(H,28,32)(H,30,31)/t16-,17-,23+/m1/s1. The maximum atomic E-state index is 12.6. The molecule has 2 aromatic rings. The number of nitrogens with one attached hydrogen (secondary N) is 2. The summed E-state index contributed by atoms with van der Waals surface area (Å²) in [6.45, 7) is 2.29. The van der Waals surface area contributed by atoms with Crippen LogP contribution < -0.4 is 10.6 Å². The van der Waals surface area contributed by atoms with E-state index in [4.69, 9.17) is 4.74 Å². The van der Waals surface area contributed by atoms with Gasteiger partial charge in [0.15, 0.2) is 0 Å². The molecule has 2 aliphatic rings. The first-order valence-corrected chi connectivity index (χ1v) is 11.6. The van der Waals surface area contributed by atoms with Crippen LogP contribution in [-0.2, 0) is 14.3 Å². The van der Waals surface area contributed by atoms with Crippen molar-refractivity contribution < 1.29 is 24.2 Å². The molecule has 2 amide bonds. The first-order chi connectivity index (χ1) is 16.0. The zero-order valence-electron chi connectivity index (χ0n) is 18.8. The molecule has 0 aliphatic heterocycles. The van der Waals surface area contributed by atoms with Gasteiger partial charge >= 0.3 is 12.1 Å². The molecule has 4 rings (SSSR count). The van der Waals surface area contributed by atoms with Crippen molar-refractivity contribution >= 4 is 18.0 Å². The molecule has 7 heteroatoms. The van der Waals surface area contributed by atoms with Crippen molar-refractivity contribution in [2.45, 2.75) is 44.6 Å². The van der Waals surface area contributed by atoms with E-state index in [0.29, 0.717) is 19.4 Å². The predicted octanol–water partition coefficient (Wildman–Crippen LogP) is 3.92. The van der Waals surface area contributed by atoms with Gasteiger partial charge in [0.1, 0.15) is 12.6 Å². The minimum atomic E-state index is -0.810. The minimum absolute atomic E-state index is 0.0487. The van der Waals surface area contributed by atoms with Gasteiger partial charge in [-0.15, -0.1) is 0 Å². The Labute approximate surface area is 193 Å². The highest BCUT2D eigenvalue weighted by Crippen LogP contribution is 2.44. The zero-order chi connectivity index (χ0) is 23.4. The zero-order valence-corrected chi connectivity index (χ0v) is 18.8. The summed E-state index contributed by atoms with van der Waals surface area (Å²) in [5, 5.41) is 14.8. The fourth-order valence-electron chi connectivity index (χ4n) is 5.10. The molecule has 33 heavy (non-hydrogen) atoms. The lowest BCUT2D eigenvalue weighted by Crippen LogP contribution is -2.48. The number of carbonyl (C=O) groups excluding carboxylic acids is 2. The average molecular weight is 451 g/mol. The van der Waals surface area contributed by atoms with Gasteiger partial charge in [-0.2, -0.15) is 0 Å². The van der Waals surface area contributed by atoms with Crippen molar-refractivity contribution in [1.82, 2.24) is 10.6 Å². The summed E-state index contributed by atoms with van der Waals surface area (Å²) < 4.78 is 5.54. The normalized spacial score (nSPS) is 19.9. The Kier molecular flexibility index (Phi) is 6.96. The molecule has 174 valence electrons. The molecular weight excluding hydrogens is 420 g/mol. The Morgan fingerprint density at radius 3 is 2.27 bits per heavy atom. The summed E-state index contributed by atoms with van der Waals surface area (Å²) in [6.07, 6.45) is 2.05. The Balaban J connectivity index is 1.32. The van der Waals surface area contributed by atoms with E-state index < -0.39 is 24.0 Å². The Bertz CT molecular complexity index is 991. The molecule has 0 heterocycles. The fourth-order valence-corrected chi connectivity index (χ4v) is 5.10. The Morgan fingerprint density at radius 1 is 1.03 bits per heavy atom. The van der Waals surface area contributed by atoms with E-state index in [1.165, 1.54) is 0 Å². The van der Waals surface area contributed by atoms with E-state index in [9.17, 15) is 19.5 Å². The lowest BCUT2D eigenvalue weighted by atomic mass is 9.96. The van der Waals surface area contributed by atoms with Gasteiger partial charge in [-0.3, -0.25) is 9.59 Å². The number of amides is 2. The molecular formula is C26H30N2O5. The molecule has 3 atom stereocenters. The van der Waals surface area contributed by atoms with Crippen LogP contribution in [0.15, 0.2) is 48.5 Å². The van der Waals surface area contributed by atoms with Gasteiger partial charge in [0.2, 0.25) is 5.91 Å². The second-order valence-corrected chi connectivity index (χ2v) is 8.81. The number of fused-ring (bicyclic) bond motifs is 3. The van der Waals surface area contributed by atoms with Crippen molar-refractivity contribution in [3.63, 3.8) is 0 Å². The number of benzene rings is 2. The molecule has 1 fully saturated rings. The van der Waals surface area contributed by atoms with Crippen LogP contribution in [0.3, 0.4) is 0 Å². The number of rotatable bonds is 8. The first kappa shape index (κ1) is 22.8. The van der Waals surface area contributed by atoms with Gasteiger partial charge in [-0.05, 0) is 47.4 Å². The summed E-state index contributed by atoms with van der Waals surface area (Å²) in [5.41, 5.74) is 4.56. The quantitative estimate of drug-likeness (QED) is 0.565. The average Bonchev–Trinajstić information content (AvgIpc) is 3.42. The number of carboxylic acid groups (broad SMARTS) is 1. The number of carboxylic acids is 1. The van der Waals surface area contributed by atoms with Gasteiger partial charge in [-0.1, -0.05) is 61.9 Å². The third-order valence-corrected chi connectivity index (χ3v) is 6.88. The molecule has 0 unspecified atom stereocenters. The second-order valence-electron chi connectivity index (χ2n) is 8.81. The lowest BCUT2D eigenvalue weighted by molar-refractivity contribution is -0.143. The molecule has 0 radical (unpaired) electrons. The van der Waals surface area contributed by atoms with Crippen molar-refractivity contribution in [3.8, 4) is 11.1 Å². The number of hydrogen-bond acceptors (Lipinski definition) is 4. The molecule has 1 saturated carbocycles. The van der Waals surface area contributed by atoms with Crippen molar-refractivity contribution in [2.24, 2.45) is 11.8 Å². The van der Waals surface area contributed by atoms with E-state index in [2.05, 4.69) is 34.9 Å². The van der Waals surface area contributed by atoms with Crippen molar-refractivity contribution in [1.29, 1.82) is 0 Å². The Morgan fingerprint density at radius 2 is 1.67 bits per heavy atom. The Hall–Kier alpha value is -3.35. The highest BCUT2D eigenvalue weighted by atomic mass is 16.5. The SMILES string of the molecule is CC[C@H](NC(=O)OCC1c2ccccc2-c2ccccc21)C(=O)NC[C@H]1CCC[C@H]1C(=O)O. The third kappa shape index (κ3) is 4.87. The number of alkyl carbamates (subject to hydrolysis) is 1. The van der Waals surface area contributed by atoms with E-state index >= 15 is 0 Å². The van der Waals surface area contributed by atoms with Crippen molar-refractivity contribution in [2.75, 3.05) is 13.2 Å². The predicted molar refractivity (Wildman–Crippen MR) is 124 cm³/mol. The number of ether oxygens (including phenoxy) is 1. The molecule has 7 nitrogen and oxygen atoms in total. The summed E-state index contributed by atoms with van der Waals surface area (Å²) >= 11 is 0. The van der Waals surface area contributed by atoms with E-state index in [1.54, 1.807) is 0 Å². The fraction of sp³-hybridized carbons (Fsp3) is 0.423. The molecule has 0 spiro atoms. The van der Waals surface area contributed by atoms with Crippen LogP contribution in [0.4, 0.5) is 4.79 Å². The summed E-state index contributed by atoms with van der Waals surface area (Å²) in [5.74, 6) is -1.66. The van der Waals surface area contributed by atoms with E-state index in [0.717, 1.165) is 35.1 Å². The monoisotopic (exact) mass is 450 g/mol. The molecule has 0 saturated heterocycles. The minimum Gasteiger partial charge on any atom is -0.481 e. The van der Waals surface area contributed by atoms with E-state index in [-0.39, 0.29) is 24.3 Å². The molecule has 3 N–H and O–H groups in total. The molecule has 0 bridgehead atoms. The van der Waals surface area contributed by atoms with Gasteiger partial charge < -0.3 is 20.5 Å². The van der Waals surface area contributed by atoms with Crippen LogP contribution in [-0.4, -0.2) is 42.3 Å². The van der Waals surface area contributed by atoms with Gasteiger partial charge in [0.05, 0.1) is 5.92 Å². The first-order valence-electron chi connectivity index (χ1n) is 11.6. The van der Waals surface area contributed by atoms with Crippen molar-refractivity contribution in [3.05, 3.63) is 59.7 Å². The topological polar surface area (TPSA) is 105 Å². The summed E-state index contributed by atoms with van der Waals surface area (Å²) in [6, 6.07) is 15.5. The second kappa shape index (κ2) is 10.1. The number of carbonyl (C=O) groups is 3. The van der Waals surface area contributed by atoms with Crippen LogP contribution in [0.25, 0.3) is 11.1 Å². The molecule has 0 aromatic heterocycles. The maximum absolute atomic E-state index is 12.6. The van der Waals surface area contributed by atoms with Crippen LogP contribution in [0.2, 0.25) is 0 Å². The van der Waals surface area contributed by atoms with Gasteiger partial charge in [0, 0.05) is 12.5 Å². The van der Waals surface area contributed by atoms with Gasteiger partial charge in [-0.25, -0.2) is 4.79 Å². The molecule has 2 aromatic carbocycles. The van der Waals surface area contributed by atoms with Crippen LogP contribution in [0.5, 0.6) is 0 Å². The highest BCUT2D eigenvalue weighted by Gasteiger charge is 2.34. The third-order valence-electron chi connectivity index (χ3n) is 6.88. The highest BCUT2D eigenvalue weighted by molar-refractivity contribution is 5.85. The molecule has 2 aliphatic carbocycles. The van der Waals surface area contributed by atoms with Crippen LogP contribution >= 0.6 is 0 Å². The van der Waals surface area contributed by atoms with Gasteiger partial charge in [0.25, 0.3) is 0 Å². The van der Waals surface area contributed by atoms with Crippen LogP contribution in [0, 0.1) is 11.8 Å².